The summed E-state index contributed by atoms with van der Waals surface area (Å²) < 4.78 is 1.62. The molecule has 27 heavy (non-hydrogen) atoms. The summed E-state index contributed by atoms with van der Waals surface area (Å²) in [6, 6.07) is 7.02. The van der Waals surface area contributed by atoms with E-state index in [-0.39, 0.29) is 18.4 Å². The van der Waals surface area contributed by atoms with Crippen LogP contribution in [-0.4, -0.2) is 76.2 Å². The van der Waals surface area contributed by atoms with Gasteiger partial charge in [-0.25, -0.2) is 4.98 Å². The summed E-state index contributed by atoms with van der Waals surface area (Å²) in [5, 5.41) is 6.91. The molecule has 1 fully saturated rings. The topological polar surface area (TPSA) is 83.4 Å². The van der Waals surface area contributed by atoms with Crippen LogP contribution in [0.15, 0.2) is 30.6 Å². The first-order chi connectivity index (χ1) is 13.0. The fourth-order valence-electron chi connectivity index (χ4n) is 2.67. The number of nitrogens with one attached hydrogen (secondary N) is 1. The molecule has 1 aliphatic heterocycles. The minimum absolute atomic E-state index is 0.0199. The Balaban J connectivity index is 0.00000126. The van der Waals surface area contributed by atoms with Crippen LogP contribution in [0.5, 0.6) is 0 Å². The third-order valence-electron chi connectivity index (χ3n) is 4.26. The van der Waals surface area contributed by atoms with Gasteiger partial charge in [-0.05, 0) is 19.2 Å². The number of carbonyl (C=O) groups excluding carboxylic acids is 2. The van der Waals surface area contributed by atoms with Crippen LogP contribution in [-0.2, 0) is 11.8 Å². The van der Waals surface area contributed by atoms with Crippen molar-refractivity contribution in [2.75, 3.05) is 39.8 Å². The molecule has 1 aromatic heterocycles. The minimum atomic E-state index is -0.261. The van der Waals surface area contributed by atoms with Gasteiger partial charge >= 0.3 is 0 Å². The Labute approximate surface area is 160 Å². The number of hydrogen-bond donors (Lipinski definition) is 1. The number of piperazine rings is 1. The van der Waals surface area contributed by atoms with Crippen LogP contribution < -0.4 is 5.32 Å². The maximum absolute atomic E-state index is 12.2. The maximum atomic E-state index is 12.2. The molecule has 1 saturated heterocycles. The number of benzene rings is 1. The molecule has 3 rings (SSSR count). The molecule has 0 radical (unpaired) electrons. The molecule has 0 unspecified atom stereocenters. The van der Waals surface area contributed by atoms with E-state index in [2.05, 4.69) is 20.3 Å². The summed E-state index contributed by atoms with van der Waals surface area (Å²) >= 11 is 0. The quantitative estimate of drug-likeness (QED) is 0.866. The number of hydrogen-bond acceptors (Lipinski definition) is 5. The van der Waals surface area contributed by atoms with Crippen LogP contribution in [0.25, 0.3) is 11.4 Å². The Bertz CT molecular complexity index is 748. The van der Waals surface area contributed by atoms with Crippen molar-refractivity contribution in [3.63, 3.8) is 0 Å². The predicted octanol–water partition coefficient (Wildman–Crippen LogP) is 1.01. The van der Waals surface area contributed by atoms with E-state index in [0.29, 0.717) is 24.5 Å². The Hall–Kier alpha value is -2.74. The standard InChI is InChI=1S/C17H22N6O2.C2H6/c1-21-7-9-23(10-8-21)15(24)11-18-17(25)14-5-3-13(4-6-14)16-19-12-22(2)20-16;1-2/h3-6,12H,7-11H2,1-2H3,(H,18,25);1-2H3. The average Bonchev–Trinajstić information content (AvgIpc) is 3.14. The van der Waals surface area contributed by atoms with E-state index in [0.717, 1.165) is 18.7 Å². The lowest BCUT2D eigenvalue weighted by atomic mass is 10.1. The van der Waals surface area contributed by atoms with Crippen LogP contribution in [0.3, 0.4) is 0 Å². The molecule has 8 heteroatoms. The number of amides is 2. The van der Waals surface area contributed by atoms with E-state index in [4.69, 9.17) is 0 Å². The number of nitrogens with zero attached hydrogens (tertiary/aromatic N) is 5. The van der Waals surface area contributed by atoms with Crippen LogP contribution >= 0.6 is 0 Å². The first-order valence-electron chi connectivity index (χ1n) is 9.23. The molecule has 0 spiro atoms. The second-order valence-electron chi connectivity index (χ2n) is 6.19. The number of rotatable bonds is 4. The van der Waals surface area contributed by atoms with Crippen molar-refractivity contribution in [2.24, 2.45) is 7.05 Å². The smallest absolute Gasteiger partial charge is 0.251 e. The lowest BCUT2D eigenvalue weighted by molar-refractivity contribution is -0.131. The molecule has 0 bridgehead atoms. The van der Waals surface area contributed by atoms with Gasteiger partial charge in [-0.2, -0.15) is 5.10 Å². The van der Waals surface area contributed by atoms with E-state index in [1.807, 2.05) is 20.9 Å². The van der Waals surface area contributed by atoms with Crippen molar-refractivity contribution in [3.8, 4) is 11.4 Å². The predicted molar refractivity (Wildman–Crippen MR) is 104 cm³/mol. The van der Waals surface area contributed by atoms with Crippen molar-refractivity contribution >= 4 is 11.8 Å². The summed E-state index contributed by atoms with van der Waals surface area (Å²) in [6.07, 6.45) is 1.62. The van der Waals surface area contributed by atoms with Crippen LogP contribution in [0.1, 0.15) is 24.2 Å². The molecule has 0 saturated carbocycles. The zero-order valence-electron chi connectivity index (χ0n) is 16.5. The largest absolute Gasteiger partial charge is 0.343 e. The lowest BCUT2D eigenvalue weighted by Crippen LogP contribution is -2.50. The van der Waals surface area contributed by atoms with Crippen molar-refractivity contribution in [1.82, 2.24) is 29.9 Å². The molecular weight excluding hydrogens is 344 g/mol. The number of aryl methyl sites for hydroxylation is 1. The molecule has 0 atom stereocenters. The highest BCUT2D eigenvalue weighted by atomic mass is 16.2. The monoisotopic (exact) mass is 372 g/mol. The van der Waals surface area contributed by atoms with E-state index < -0.39 is 0 Å². The van der Waals surface area contributed by atoms with Gasteiger partial charge in [0, 0.05) is 44.4 Å². The van der Waals surface area contributed by atoms with Gasteiger partial charge in [0.25, 0.3) is 5.91 Å². The molecular formula is C19H28N6O2. The summed E-state index contributed by atoms with van der Waals surface area (Å²) in [6.45, 7) is 7.16. The van der Waals surface area contributed by atoms with Gasteiger partial charge in [0.1, 0.15) is 6.33 Å². The highest BCUT2D eigenvalue weighted by molar-refractivity contribution is 5.96. The first-order valence-corrected chi connectivity index (χ1v) is 9.23. The lowest BCUT2D eigenvalue weighted by Gasteiger charge is -2.32. The van der Waals surface area contributed by atoms with Gasteiger partial charge in [-0.3, -0.25) is 14.3 Å². The van der Waals surface area contributed by atoms with E-state index in [1.54, 1.807) is 47.2 Å². The second kappa shape index (κ2) is 9.82. The van der Waals surface area contributed by atoms with Crippen molar-refractivity contribution < 1.29 is 9.59 Å². The van der Waals surface area contributed by atoms with E-state index in [9.17, 15) is 9.59 Å². The maximum Gasteiger partial charge on any atom is 0.251 e. The molecule has 1 N–H and O–H groups in total. The Morgan fingerprint density at radius 2 is 1.67 bits per heavy atom. The van der Waals surface area contributed by atoms with E-state index >= 15 is 0 Å². The van der Waals surface area contributed by atoms with Crippen LogP contribution in [0.4, 0.5) is 0 Å². The molecule has 2 heterocycles. The zero-order chi connectivity index (χ0) is 19.8. The van der Waals surface area contributed by atoms with Gasteiger partial charge < -0.3 is 15.1 Å². The van der Waals surface area contributed by atoms with Crippen molar-refractivity contribution in [2.45, 2.75) is 13.8 Å². The summed E-state index contributed by atoms with van der Waals surface area (Å²) in [7, 11) is 3.84. The highest BCUT2D eigenvalue weighted by Gasteiger charge is 2.19. The number of aromatic nitrogens is 3. The number of carbonyl (C=O) groups is 2. The molecule has 2 aromatic rings. The van der Waals surface area contributed by atoms with Gasteiger partial charge in [0.05, 0.1) is 6.54 Å². The molecule has 1 aliphatic rings. The van der Waals surface area contributed by atoms with Crippen molar-refractivity contribution in [3.05, 3.63) is 36.2 Å². The normalized spacial score (nSPS) is 14.3. The average molecular weight is 372 g/mol. The van der Waals surface area contributed by atoms with Crippen LogP contribution in [0.2, 0.25) is 0 Å². The third kappa shape index (κ3) is 5.62. The van der Waals surface area contributed by atoms with Gasteiger partial charge in [0.2, 0.25) is 5.91 Å². The molecule has 2 amide bonds. The third-order valence-corrected chi connectivity index (χ3v) is 4.26. The molecule has 8 nitrogen and oxygen atoms in total. The fraction of sp³-hybridized carbons (Fsp3) is 0.474. The first kappa shape index (κ1) is 20.6. The van der Waals surface area contributed by atoms with Crippen LogP contribution in [0, 0.1) is 0 Å². The molecule has 0 aliphatic carbocycles. The highest BCUT2D eigenvalue weighted by Crippen LogP contribution is 2.14. The second-order valence-corrected chi connectivity index (χ2v) is 6.19. The Morgan fingerprint density at radius 1 is 1.04 bits per heavy atom. The molecule has 1 aromatic carbocycles. The number of likely N-dealkylation sites (N-methyl/N-ethyl adjacent to an activating group) is 1. The summed E-state index contributed by atoms with van der Waals surface area (Å²) in [4.78, 5) is 32.5. The van der Waals surface area contributed by atoms with Gasteiger partial charge in [0.15, 0.2) is 5.82 Å². The SMILES string of the molecule is CC.CN1CCN(C(=O)CNC(=O)c2ccc(-c3ncn(C)n3)cc2)CC1. The van der Waals surface area contributed by atoms with Gasteiger partial charge in [-0.15, -0.1) is 0 Å². The van der Waals surface area contributed by atoms with E-state index in [1.165, 1.54) is 0 Å². The fourth-order valence-corrected chi connectivity index (χ4v) is 2.67. The Kier molecular flexibility index (Phi) is 7.48. The summed E-state index contributed by atoms with van der Waals surface area (Å²) in [5.74, 6) is 0.304. The van der Waals surface area contributed by atoms with Gasteiger partial charge in [-0.1, -0.05) is 26.0 Å². The minimum Gasteiger partial charge on any atom is -0.343 e. The summed E-state index contributed by atoms with van der Waals surface area (Å²) in [5.41, 5.74) is 1.34. The zero-order valence-corrected chi connectivity index (χ0v) is 16.5. The Morgan fingerprint density at radius 3 is 2.22 bits per heavy atom. The van der Waals surface area contributed by atoms with Crippen molar-refractivity contribution in [1.29, 1.82) is 0 Å². The molecule has 146 valence electrons.